The molecular formula is C14H20N2O9S. The van der Waals surface area contributed by atoms with Crippen LogP contribution in [-0.2, 0) is 15.2 Å². The second-order valence-electron chi connectivity index (χ2n) is 6.27. The number of aliphatic hydroxyl groups is 6. The standard InChI is InChI=1S/C14H20N2O9S/c17-3-5-8(20)10(22)12(24-5)14(11(23)9(21)6(4-18)25-14)16-2-1-7(19)15-13(16)26/h1-2,5-6,8-12,17-18,20-23H,3-4H2,(H,15,19,26)/t5-,6-,8-,9-,10-,11-,12?,14+/m1/s1. The topological polar surface area (TPSA) is 178 Å². The van der Waals surface area contributed by atoms with Crippen molar-refractivity contribution < 1.29 is 40.1 Å². The highest BCUT2D eigenvalue weighted by molar-refractivity contribution is 7.71. The van der Waals surface area contributed by atoms with Gasteiger partial charge in [-0.25, -0.2) is 0 Å². The zero-order chi connectivity index (χ0) is 19.2. The summed E-state index contributed by atoms with van der Waals surface area (Å²) in [7, 11) is 0. The molecule has 1 aromatic heterocycles. The first kappa shape index (κ1) is 19.5. The predicted octanol–water partition coefficient (Wildman–Crippen LogP) is -3.85. The normalized spacial score (nSPS) is 43.1. The molecule has 12 heteroatoms. The maximum atomic E-state index is 11.5. The number of rotatable bonds is 4. The van der Waals surface area contributed by atoms with Gasteiger partial charge in [-0.05, 0) is 12.2 Å². The summed E-state index contributed by atoms with van der Waals surface area (Å²) in [5.74, 6) is 0. The van der Waals surface area contributed by atoms with E-state index in [0.717, 1.165) is 10.6 Å². The quantitative estimate of drug-likeness (QED) is 0.251. The van der Waals surface area contributed by atoms with Crippen molar-refractivity contribution in [2.24, 2.45) is 0 Å². The van der Waals surface area contributed by atoms with Crippen LogP contribution in [0, 0.1) is 4.77 Å². The average Bonchev–Trinajstić information content (AvgIpc) is 3.04. The van der Waals surface area contributed by atoms with Crippen LogP contribution >= 0.6 is 12.2 Å². The Labute approximate surface area is 151 Å². The highest BCUT2D eigenvalue weighted by Crippen LogP contribution is 2.44. The lowest BCUT2D eigenvalue weighted by Gasteiger charge is -2.40. The van der Waals surface area contributed by atoms with Gasteiger partial charge < -0.3 is 40.1 Å². The molecule has 146 valence electrons. The molecule has 1 unspecified atom stereocenters. The fourth-order valence-electron chi connectivity index (χ4n) is 3.48. The van der Waals surface area contributed by atoms with Crippen molar-refractivity contribution in [3.8, 4) is 0 Å². The summed E-state index contributed by atoms with van der Waals surface area (Å²) in [6, 6.07) is 1.08. The Kier molecular flexibility index (Phi) is 5.31. The highest BCUT2D eigenvalue weighted by Gasteiger charge is 2.65. The highest BCUT2D eigenvalue weighted by atomic mass is 32.1. The summed E-state index contributed by atoms with van der Waals surface area (Å²) < 4.78 is 12.0. The number of nitrogens with zero attached hydrogens (tertiary/aromatic N) is 1. The third-order valence-corrected chi connectivity index (χ3v) is 5.10. The number of ether oxygens (including phenoxy) is 2. The second kappa shape index (κ2) is 7.07. The van der Waals surface area contributed by atoms with Gasteiger partial charge in [0.2, 0.25) is 5.72 Å². The van der Waals surface area contributed by atoms with Gasteiger partial charge in [0.1, 0.15) is 42.7 Å². The van der Waals surface area contributed by atoms with Gasteiger partial charge >= 0.3 is 0 Å². The van der Waals surface area contributed by atoms with E-state index in [4.69, 9.17) is 21.7 Å². The number of H-pyrrole nitrogens is 1. The molecule has 1 aromatic rings. The zero-order valence-corrected chi connectivity index (χ0v) is 14.2. The van der Waals surface area contributed by atoms with E-state index in [0.29, 0.717) is 0 Å². The van der Waals surface area contributed by atoms with Crippen LogP contribution in [0.3, 0.4) is 0 Å². The average molecular weight is 392 g/mol. The van der Waals surface area contributed by atoms with Crippen LogP contribution in [0.1, 0.15) is 0 Å². The molecule has 3 rings (SSSR count). The van der Waals surface area contributed by atoms with E-state index >= 15 is 0 Å². The van der Waals surface area contributed by atoms with Gasteiger partial charge in [-0.1, -0.05) is 0 Å². The van der Waals surface area contributed by atoms with Crippen molar-refractivity contribution >= 4 is 12.2 Å². The van der Waals surface area contributed by atoms with E-state index in [1.165, 1.54) is 6.20 Å². The molecule has 0 spiro atoms. The van der Waals surface area contributed by atoms with E-state index in [1.807, 2.05) is 0 Å². The minimum Gasteiger partial charge on any atom is -0.394 e. The van der Waals surface area contributed by atoms with Crippen molar-refractivity contribution in [3.63, 3.8) is 0 Å². The molecule has 26 heavy (non-hydrogen) atoms. The lowest BCUT2D eigenvalue weighted by molar-refractivity contribution is -0.234. The number of nitrogens with one attached hydrogen (secondary N) is 1. The monoisotopic (exact) mass is 392 g/mol. The summed E-state index contributed by atoms with van der Waals surface area (Å²) >= 11 is 5.10. The number of hydrogen-bond acceptors (Lipinski definition) is 10. The first-order chi connectivity index (χ1) is 12.3. The molecule has 8 atom stereocenters. The number of aromatic nitrogens is 2. The molecule has 0 radical (unpaired) electrons. The molecule has 0 aromatic carbocycles. The van der Waals surface area contributed by atoms with Crippen LogP contribution in [0.25, 0.3) is 0 Å². The molecule has 2 fully saturated rings. The SMILES string of the molecule is O=c1ccn([C@]2(C3O[C@H](CO)[C@@H](O)[C@H]3O)O[C@H](CO)[C@@H](O)[C@H]2O)c(=S)[nH]1. The third kappa shape index (κ3) is 2.74. The molecular weight excluding hydrogens is 372 g/mol. The minimum absolute atomic E-state index is 0.208. The molecule has 2 saturated heterocycles. The Morgan fingerprint density at radius 2 is 1.77 bits per heavy atom. The van der Waals surface area contributed by atoms with Crippen molar-refractivity contribution in [1.82, 2.24) is 9.55 Å². The van der Waals surface area contributed by atoms with Gasteiger partial charge in [0.05, 0.1) is 13.2 Å². The summed E-state index contributed by atoms with van der Waals surface area (Å²) in [6.07, 6.45) is -9.18. The predicted molar refractivity (Wildman–Crippen MR) is 85.6 cm³/mol. The molecule has 2 aliphatic heterocycles. The maximum absolute atomic E-state index is 11.5. The van der Waals surface area contributed by atoms with Gasteiger partial charge in [-0.2, -0.15) is 0 Å². The van der Waals surface area contributed by atoms with Crippen LogP contribution in [-0.4, -0.2) is 96.1 Å². The molecule has 0 amide bonds. The van der Waals surface area contributed by atoms with Crippen LogP contribution < -0.4 is 5.56 Å². The first-order valence-electron chi connectivity index (χ1n) is 7.87. The van der Waals surface area contributed by atoms with Gasteiger partial charge in [-0.3, -0.25) is 14.3 Å². The number of aliphatic hydroxyl groups excluding tert-OH is 6. The van der Waals surface area contributed by atoms with Crippen molar-refractivity contribution in [2.45, 2.75) is 48.5 Å². The van der Waals surface area contributed by atoms with E-state index in [9.17, 15) is 35.4 Å². The van der Waals surface area contributed by atoms with E-state index in [2.05, 4.69) is 4.98 Å². The second-order valence-corrected chi connectivity index (χ2v) is 6.65. The smallest absolute Gasteiger partial charge is 0.251 e. The van der Waals surface area contributed by atoms with Gasteiger partial charge in [0.15, 0.2) is 4.77 Å². The van der Waals surface area contributed by atoms with Crippen LogP contribution in [0.5, 0.6) is 0 Å². The Morgan fingerprint density at radius 3 is 2.27 bits per heavy atom. The Balaban J connectivity index is 2.18. The van der Waals surface area contributed by atoms with Crippen molar-refractivity contribution in [1.29, 1.82) is 0 Å². The zero-order valence-electron chi connectivity index (χ0n) is 13.4. The van der Waals surface area contributed by atoms with E-state index in [1.54, 1.807) is 0 Å². The molecule has 3 heterocycles. The molecule has 0 bridgehead atoms. The molecule has 11 nitrogen and oxygen atoms in total. The fraction of sp³-hybridized carbons (Fsp3) is 0.714. The molecule has 7 N–H and O–H groups in total. The van der Waals surface area contributed by atoms with Gasteiger partial charge in [0, 0.05) is 12.3 Å². The summed E-state index contributed by atoms with van der Waals surface area (Å²) in [4.78, 5) is 13.8. The van der Waals surface area contributed by atoms with E-state index < -0.39 is 67.2 Å². The lowest BCUT2D eigenvalue weighted by atomic mass is 9.92. The molecule has 0 saturated carbocycles. The number of aromatic amines is 1. The third-order valence-electron chi connectivity index (χ3n) is 4.80. The van der Waals surface area contributed by atoms with Crippen molar-refractivity contribution in [2.75, 3.05) is 13.2 Å². The first-order valence-corrected chi connectivity index (χ1v) is 8.28. The van der Waals surface area contributed by atoms with Crippen LogP contribution in [0.15, 0.2) is 17.1 Å². The van der Waals surface area contributed by atoms with Crippen molar-refractivity contribution in [3.05, 3.63) is 27.4 Å². The molecule has 2 aliphatic rings. The summed E-state index contributed by atoms with van der Waals surface area (Å²) in [6.45, 7) is -1.28. The Hall–Kier alpha value is -1.22. The summed E-state index contributed by atoms with van der Waals surface area (Å²) in [5.41, 5.74) is -2.60. The largest absolute Gasteiger partial charge is 0.394 e. The molecule has 0 aliphatic carbocycles. The Morgan fingerprint density at radius 1 is 1.12 bits per heavy atom. The fourth-order valence-corrected chi connectivity index (χ4v) is 3.78. The van der Waals surface area contributed by atoms with Gasteiger partial charge in [0.25, 0.3) is 5.56 Å². The van der Waals surface area contributed by atoms with E-state index in [-0.39, 0.29) is 4.77 Å². The summed E-state index contributed by atoms with van der Waals surface area (Å²) in [5, 5.41) is 60.1. The Bertz CT molecular complexity index is 769. The maximum Gasteiger partial charge on any atom is 0.251 e. The van der Waals surface area contributed by atoms with Gasteiger partial charge in [-0.15, -0.1) is 0 Å². The minimum atomic E-state index is -2.07. The van der Waals surface area contributed by atoms with Crippen LogP contribution in [0.2, 0.25) is 0 Å². The van der Waals surface area contributed by atoms with Crippen LogP contribution in [0.4, 0.5) is 0 Å². The number of hydrogen-bond donors (Lipinski definition) is 7. The lowest BCUT2D eigenvalue weighted by Crippen LogP contribution is -2.58.